The van der Waals surface area contributed by atoms with Crippen LogP contribution in [0.4, 0.5) is 43.4 Å². The number of hydrogen-bond donors (Lipinski definition) is 4. The second kappa shape index (κ2) is 15.2. The number of rotatable bonds is 4. The second-order valence-electron chi connectivity index (χ2n) is 10.0. The number of nitrogens with two attached hydrogens (primary N) is 2. The summed E-state index contributed by atoms with van der Waals surface area (Å²) in [7, 11) is 0. The Kier molecular flexibility index (Phi) is 11.6. The normalized spacial score (nSPS) is 13.1. The molecule has 1 aliphatic rings. The number of carboxylic acids is 2. The summed E-state index contributed by atoms with van der Waals surface area (Å²) in [4.78, 5) is 22.5. The number of benzene rings is 4. The van der Waals surface area contributed by atoms with Gasteiger partial charge in [-0.05, 0) is 40.6 Å². The first kappa shape index (κ1) is 36.0. The third-order valence-electron chi connectivity index (χ3n) is 7.06. The zero-order chi connectivity index (χ0) is 34.9. The van der Waals surface area contributed by atoms with E-state index in [9.17, 15) is 31.6 Å². The predicted octanol–water partition coefficient (Wildman–Crippen LogP) is 6.01. The number of anilines is 3. The van der Waals surface area contributed by atoms with Crippen molar-refractivity contribution in [2.45, 2.75) is 18.9 Å². The van der Waals surface area contributed by atoms with Gasteiger partial charge in [0.2, 0.25) is 0 Å². The van der Waals surface area contributed by atoms with Crippen LogP contribution in [0.15, 0.2) is 78.9 Å². The Balaban J connectivity index is 0.000000360. The van der Waals surface area contributed by atoms with Crippen LogP contribution in [0.1, 0.15) is 11.1 Å². The smallest absolute Gasteiger partial charge is 0.475 e. The van der Waals surface area contributed by atoms with Gasteiger partial charge in [0, 0.05) is 55.2 Å². The molecule has 1 aliphatic heterocycles. The highest BCUT2D eigenvalue weighted by Gasteiger charge is 2.39. The largest absolute Gasteiger partial charge is 0.490 e. The molecule has 4 aromatic carbocycles. The molecule has 248 valence electrons. The lowest BCUT2D eigenvalue weighted by Gasteiger charge is -2.38. The zero-order valence-corrected chi connectivity index (χ0v) is 24.5. The van der Waals surface area contributed by atoms with Crippen molar-refractivity contribution in [3.63, 3.8) is 0 Å². The molecule has 0 spiro atoms. The van der Waals surface area contributed by atoms with Crippen LogP contribution in [0.25, 0.3) is 21.9 Å². The Morgan fingerprint density at radius 3 is 1.74 bits per heavy atom. The number of carbonyl (C=O) groups is 2. The summed E-state index contributed by atoms with van der Waals surface area (Å²) in [5.41, 5.74) is 18.7. The topological polar surface area (TPSA) is 157 Å². The highest BCUT2D eigenvalue weighted by molar-refractivity contribution is 5.92. The van der Waals surface area contributed by atoms with Crippen molar-refractivity contribution in [1.82, 2.24) is 0 Å². The summed E-state index contributed by atoms with van der Waals surface area (Å²) in [5.74, 6) is -5.51. The summed E-state index contributed by atoms with van der Waals surface area (Å²) in [6, 6.07) is 29.6. The highest BCUT2D eigenvalue weighted by atomic mass is 19.4. The maximum absolute atomic E-state index is 10.6. The van der Waals surface area contributed by atoms with Crippen molar-refractivity contribution in [3.05, 3.63) is 90.0 Å². The Morgan fingerprint density at radius 2 is 1.26 bits per heavy atom. The molecule has 0 amide bonds. The molecule has 1 heterocycles. The van der Waals surface area contributed by atoms with Gasteiger partial charge in [-0.15, -0.1) is 0 Å². The third kappa shape index (κ3) is 9.27. The van der Waals surface area contributed by atoms with E-state index in [-0.39, 0.29) is 6.54 Å². The van der Waals surface area contributed by atoms with E-state index in [1.165, 1.54) is 11.1 Å². The maximum Gasteiger partial charge on any atom is 0.490 e. The molecule has 0 bridgehead atoms. The molecule has 0 aliphatic carbocycles. The van der Waals surface area contributed by atoms with Gasteiger partial charge in [0.25, 0.3) is 0 Å². The lowest BCUT2D eigenvalue weighted by molar-refractivity contribution is -0.193. The molecule has 0 atom stereocenters. The summed E-state index contributed by atoms with van der Waals surface area (Å²) in [6.45, 7) is 3.67. The molecule has 9 nitrogen and oxygen atoms in total. The zero-order valence-electron chi connectivity index (χ0n) is 24.5. The standard InChI is InChI=1S/C28H27N5.2C2HF3O2/c29-18-25-26(19-30)28(31)24(22-11-10-20-6-4-5-7-21(20)16-22)17-27(25)33-14-12-32(13-15-33)23-8-2-1-3-9-23;2*3-2(4,5)1(6)7/h1-11,16-17H,12-15,19,30-31H2;2*(H,6,7). The molecule has 0 unspecified atom stereocenters. The van der Waals surface area contributed by atoms with Gasteiger partial charge in [0.1, 0.15) is 6.07 Å². The van der Waals surface area contributed by atoms with Crippen molar-refractivity contribution in [2.75, 3.05) is 41.7 Å². The van der Waals surface area contributed by atoms with Crippen LogP contribution in [0.3, 0.4) is 0 Å². The van der Waals surface area contributed by atoms with Gasteiger partial charge in [-0.2, -0.15) is 31.6 Å². The molecule has 4 aromatic rings. The number of carboxylic acid groups (broad SMARTS) is 2. The fraction of sp³-hybridized carbons (Fsp3) is 0.219. The van der Waals surface area contributed by atoms with Crippen molar-refractivity contribution in [1.29, 1.82) is 5.26 Å². The van der Waals surface area contributed by atoms with Crippen molar-refractivity contribution in [3.8, 4) is 17.2 Å². The average molecular weight is 662 g/mol. The molecule has 0 radical (unpaired) electrons. The quantitative estimate of drug-likeness (QED) is 0.152. The minimum absolute atomic E-state index is 0.229. The number of fused-ring (bicyclic) bond motifs is 1. The Labute approximate surface area is 264 Å². The first-order valence-corrected chi connectivity index (χ1v) is 13.8. The number of para-hydroxylation sites is 1. The second-order valence-corrected chi connectivity index (χ2v) is 10.0. The summed E-state index contributed by atoms with van der Waals surface area (Å²) in [5, 5.41) is 26.6. The van der Waals surface area contributed by atoms with Crippen LogP contribution in [0.5, 0.6) is 0 Å². The van der Waals surface area contributed by atoms with Gasteiger partial charge in [0.15, 0.2) is 0 Å². The van der Waals surface area contributed by atoms with Crippen molar-refractivity contribution < 1.29 is 46.1 Å². The molecule has 6 N–H and O–H groups in total. The van der Waals surface area contributed by atoms with Gasteiger partial charge < -0.3 is 31.5 Å². The van der Waals surface area contributed by atoms with Crippen LogP contribution in [-0.4, -0.2) is 60.7 Å². The number of hydrogen-bond acceptors (Lipinski definition) is 7. The van der Waals surface area contributed by atoms with Crippen LogP contribution in [-0.2, 0) is 16.1 Å². The molecule has 5 rings (SSSR count). The molecular weight excluding hydrogens is 632 g/mol. The summed E-state index contributed by atoms with van der Waals surface area (Å²) < 4.78 is 63.5. The average Bonchev–Trinajstić information content (AvgIpc) is 3.04. The maximum atomic E-state index is 10.6. The Bertz CT molecular complexity index is 1730. The number of nitriles is 1. The number of aliphatic carboxylic acids is 2. The van der Waals surface area contributed by atoms with E-state index < -0.39 is 24.3 Å². The van der Waals surface area contributed by atoms with E-state index >= 15 is 0 Å². The van der Waals surface area contributed by atoms with Gasteiger partial charge in [0.05, 0.1) is 11.3 Å². The van der Waals surface area contributed by atoms with E-state index in [0.29, 0.717) is 11.3 Å². The first-order chi connectivity index (χ1) is 22.1. The van der Waals surface area contributed by atoms with E-state index in [0.717, 1.165) is 53.9 Å². The third-order valence-corrected chi connectivity index (χ3v) is 7.06. The molecule has 0 aromatic heterocycles. The fourth-order valence-electron chi connectivity index (χ4n) is 4.76. The fourth-order valence-corrected chi connectivity index (χ4v) is 4.76. The van der Waals surface area contributed by atoms with Crippen molar-refractivity contribution in [2.24, 2.45) is 5.73 Å². The van der Waals surface area contributed by atoms with Gasteiger partial charge in [-0.3, -0.25) is 0 Å². The minimum Gasteiger partial charge on any atom is -0.475 e. The molecule has 1 saturated heterocycles. The van der Waals surface area contributed by atoms with Crippen LogP contribution >= 0.6 is 0 Å². The number of nitrogen functional groups attached to an aromatic ring is 1. The molecule has 1 fully saturated rings. The van der Waals surface area contributed by atoms with E-state index in [1.807, 2.05) is 18.2 Å². The van der Waals surface area contributed by atoms with Gasteiger partial charge in [-0.1, -0.05) is 54.6 Å². The van der Waals surface area contributed by atoms with Crippen LogP contribution in [0.2, 0.25) is 0 Å². The van der Waals surface area contributed by atoms with Crippen LogP contribution < -0.4 is 21.3 Å². The number of piperazine rings is 1. The van der Waals surface area contributed by atoms with E-state index in [2.05, 4.69) is 76.5 Å². The summed E-state index contributed by atoms with van der Waals surface area (Å²) >= 11 is 0. The van der Waals surface area contributed by atoms with Crippen molar-refractivity contribution >= 4 is 39.8 Å². The molecular formula is C32H29F6N5O4. The lowest BCUT2D eigenvalue weighted by atomic mass is 9.93. The van der Waals surface area contributed by atoms with Gasteiger partial charge in [-0.25, -0.2) is 9.59 Å². The minimum atomic E-state index is -5.08. The Morgan fingerprint density at radius 1 is 0.766 bits per heavy atom. The first-order valence-electron chi connectivity index (χ1n) is 13.8. The number of halogens is 6. The van der Waals surface area contributed by atoms with E-state index in [1.54, 1.807) is 0 Å². The van der Waals surface area contributed by atoms with Crippen LogP contribution in [0, 0.1) is 11.3 Å². The molecule has 47 heavy (non-hydrogen) atoms. The molecule has 15 heteroatoms. The lowest BCUT2D eigenvalue weighted by Crippen LogP contribution is -2.46. The molecule has 0 saturated carbocycles. The summed E-state index contributed by atoms with van der Waals surface area (Å²) in [6.07, 6.45) is -10.2. The number of alkyl halides is 6. The van der Waals surface area contributed by atoms with Gasteiger partial charge >= 0.3 is 24.3 Å². The monoisotopic (exact) mass is 661 g/mol. The number of nitrogens with zero attached hydrogens (tertiary/aromatic N) is 3. The predicted molar refractivity (Wildman–Crippen MR) is 165 cm³/mol. The van der Waals surface area contributed by atoms with E-state index in [4.69, 9.17) is 31.3 Å². The Hall–Kier alpha value is -5.49. The SMILES string of the molecule is N#Cc1c(N2CCN(c3ccccc3)CC2)cc(-c2ccc3ccccc3c2)c(N)c1CN.O=C(O)C(F)(F)F.O=C(O)C(F)(F)F. The highest BCUT2D eigenvalue weighted by Crippen LogP contribution is 2.38.